The van der Waals surface area contributed by atoms with Crippen LogP contribution >= 0.6 is 0 Å². The zero-order valence-corrected chi connectivity index (χ0v) is 17.6. The highest BCUT2D eigenvalue weighted by atomic mass is 19.3. The average molecular weight is 443 g/mol. The predicted molar refractivity (Wildman–Crippen MR) is 115 cm³/mol. The molecule has 3 N–H and O–H groups in total. The number of hydrogen-bond acceptors (Lipinski definition) is 8. The van der Waals surface area contributed by atoms with Crippen LogP contribution in [0.4, 0.5) is 20.5 Å². The zero-order valence-electron chi connectivity index (χ0n) is 17.6. The quantitative estimate of drug-likeness (QED) is 0.399. The molecule has 1 saturated carbocycles. The van der Waals surface area contributed by atoms with Gasteiger partial charge in [-0.15, -0.1) is 10.2 Å². The van der Waals surface area contributed by atoms with Gasteiger partial charge in [-0.3, -0.25) is 0 Å². The fourth-order valence-electron chi connectivity index (χ4n) is 4.15. The van der Waals surface area contributed by atoms with Crippen LogP contribution < -0.4 is 10.6 Å². The molecule has 168 valence electrons. The maximum atomic E-state index is 12.9. The lowest BCUT2D eigenvalue weighted by atomic mass is 9.74. The van der Waals surface area contributed by atoms with Gasteiger partial charge in [-0.1, -0.05) is 12.1 Å². The molecule has 4 aromatic rings. The second kappa shape index (κ2) is 7.62. The van der Waals surface area contributed by atoms with E-state index >= 15 is 0 Å². The van der Waals surface area contributed by atoms with Gasteiger partial charge in [0.05, 0.1) is 11.3 Å². The van der Waals surface area contributed by atoms with Crippen LogP contribution in [0.1, 0.15) is 26.2 Å². The molecule has 1 aliphatic carbocycles. The Labute approximate surface area is 181 Å². The second-order valence-corrected chi connectivity index (χ2v) is 8.09. The second-order valence-electron chi connectivity index (χ2n) is 8.09. The first-order chi connectivity index (χ1) is 15.4. The van der Waals surface area contributed by atoms with E-state index in [1.165, 1.54) is 0 Å². The van der Waals surface area contributed by atoms with Crippen LogP contribution in [0.3, 0.4) is 0 Å². The Balaban J connectivity index is 1.50. The van der Waals surface area contributed by atoms with Gasteiger partial charge in [0.15, 0.2) is 11.5 Å². The molecule has 10 nitrogen and oxygen atoms in total. The van der Waals surface area contributed by atoms with Gasteiger partial charge in [-0.25, -0.2) is 23.0 Å². The van der Waals surface area contributed by atoms with Gasteiger partial charge in [0.1, 0.15) is 17.6 Å². The fourth-order valence-corrected chi connectivity index (χ4v) is 4.15. The smallest absolute Gasteiger partial charge is 0.258 e. The van der Waals surface area contributed by atoms with Crippen molar-refractivity contribution >= 4 is 28.4 Å². The molecule has 0 aliphatic heterocycles. The topological polar surface area (TPSA) is 118 Å². The molecule has 0 bridgehead atoms. The predicted octanol–water partition coefficient (Wildman–Crippen LogP) is 2.56. The monoisotopic (exact) mass is 443 g/mol. The van der Waals surface area contributed by atoms with Crippen molar-refractivity contribution in [1.29, 1.82) is 0 Å². The van der Waals surface area contributed by atoms with Crippen molar-refractivity contribution in [1.82, 2.24) is 34.6 Å². The molecule has 12 heteroatoms. The van der Waals surface area contributed by atoms with Crippen molar-refractivity contribution in [2.45, 2.75) is 50.8 Å². The summed E-state index contributed by atoms with van der Waals surface area (Å²) in [7, 11) is 1.76. The van der Waals surface area contributed by atoms with E-state index in [1.807, 2.05) is 13.0 Å². The van der Waals surface area contributed by atoms with Gasteiger partial charge >= 0.3 is 0 Å². The first-order valence-electron chi connectivity index (χ1n) is 10.4. The minimum atomic E-state index is -2.56. The summed E-state index contributed by atoms with van der Waals surface area (Å²) in [6.07, 6.45) is 1.26. The number of alkyl halides is 2. The highest BCUT2D eigenvalue weighted by molar-refractivity contribution is 5.89. The van der Waals surface area contributed by atoms with E-state index in [0.29, 0.717) is 47.0 Å². The summed E-state index contributed by atoms with van der Waals surface area (Å²) in [5.74, 6) is 1.04. The molecule has 0 aromatic carbocycles. The van der Waals surface area contributed by atoms with Crippen LogP contribution in [0.25, 0.3) is 27.9 Å². The summed E-state index contributed by atoms with van der Waals surface area (Å²) in [6.45, 7) is 1.40. The SMILES string of the molecule is CCC1(O)CC(Nc2nc(NC)c3c(-c4ccc5nnn(CC(F)F)c5n4)ccn3n2)C1. The molecule has 4 aromatic heterocycles. The molecular weight excluding hydrogens is 420 g/mol. The summed E-state index contributed by atoms with van der Waals surface area (Å²) in [5.41, 5.74) is 2.16. The maximum absolute atomic E-state index is 12.9. The molecule has 32 heavy (non-hydrogen) atoms. The first kappa shape index (κ1) is 20.5. The molecule has 0 amide bonds. The van der Waals surface area contributed by atoms with E-state index in [9.17, 15) is 13.9 Å². The standard InChI is InChI=1S/C20H23F2N9O/c1-3-20(32)8-11(9-20)24-19-26-17(23-2)16-12(6-7-30(16)28-19)13-4-5-14-18(25-13)31(29-27-14)10-15(21)22/h4-7,11,15,32H,3,8-10H2,1-2H3,(H2,23,24,26,28). The van der Waals surface area contributed by atoms with Gasteiger partial charge in [0.2, 0.25) is 5.95 Å². The van der Waals surface area contributed by atoms with Crippen molar-refractivity contribution in [2.75, 3.05) is 17.7 Å². The Morgan fingerprint density at radius 2 is 2.06 bits per heavy atom. The van der Waals surface area contributed by atoms with E-state index in [1.54, 1.807) is 29.9 Å². The van der Waals surface area contributed by atoms with Crippen molar-refractivity contribution in [3.8, 4) is 11.3 Å². The zero-order chi connectivity index (χ0) is 22.5. The lowest BCUT2D eigenvalue weighted by Crippen LogP contribution is -2.50. The van der Waals surface area contributed by atoms with Crippen molar-refractivity contribution in [3.05, 3.63) is 24.4 Å². The van der Waals surface area contributed by atoms with Gasteiger partial charge in [0.25, 0.3) is 6.43 Å². The van der Waals surface area contributed by atoms with Gasteiger partial charge in [0, 0.05) is 24.8 Å². The van der Waals surface area contributed by atoms with Crippen LogP contribution in [0.2, 0.25) is 0 Å². The third kappa shape index (κ3) is 3.49. The molecule has 0 unspecified atom stereocenters. The van der Waals surface area contributed by atoms with Crippen LogP contribution in [-0.4, -0.2) is 64.8 Å². The van der Waals surface area contributed by atoms with E-state index in [-0.39, 0.29) is 6.04 Å². The van der Waals surface area contributed by atoms with Crippen molar-refractivity contribution in [2.24, 2.45) is 0 Å². The number of fused-ring (bicyclic) bond motifs is 2. The Morgan fingerprint density at radius 3 is 2.78 bits per heavy atom. The lowest BCUT2D eigenvalue weighted by molar-refractivity contribution is -0.0442. The Morgan fingerprint density at radius 1 is 1.25 bits per heavy atom. The highest BCUT2D eigenvalue weighted by Crippen LogP contribution is 2.37. The Bertz CT molecular complexity index is 1280. The van der Waals surface area contributed by atoms with E-state index < -0.39 is 18.6 Å². The maximum Gasteiger partial charge on any atom is 0.258 e. The minimum Gasteiger partial charge on any atom is -0.390 e. The molecule has 0 atom stereocenters. The van der Waals surface area contributed by atoms with Crippen molar-refractivity contribution in [3.63, 3.8) is 0 Å². The van der Waals surface area contributed by atoms with E-state index in [2.05, 4.69) is 36.0 Å². The summed E-state index contributed by atoms with van der Waals surface area (Å²) < 4.78 is 28.5. The number of aliphatic hydroxyl groups is 1. The molecule has 0 radical (unpaired) electrons. The number of anilines is 2. The van der Waals surface area contributed by atoms with Crippen LogP contribution in [0, 0.1) is 0 Å². The van der Waals surface area contributed by atoms with Crippen LogP contribution in [-0.2, 0) is 6.54 Å². The lowest BCUT2D eigenvalue weighted by Gasteiger charge is -2.43. The summed E-state index contributed by atoms with van der Waals surface area (Å²) in [6, 6.07) is 5.44. The van der Waals surface area contributed by atoms with Gasteiger partial charge in [-0.05, 0) is 37.5 Å². The number of nitrogens with one attached hydrogen (secondary N) is 2. The van der Waals surface area contributed by atoms with Gasteiger partial charge in [-0.2, -0.15) is 4.98 Å². The normalized spacial score (nSPS) is 20.8. The summed E-state index contributed by atoms with van der Waals surface area (Å²) in [4.78, 5) is 9.13. The summed E-state index contributed by atoms with van der Waals surface area (Å²) >= 11 is 0. The van der Waals surface area contributed by atoms with E-state index in [0.717, 1.165) is 16.7 Å². The number of rotatable bonds is 7. The highest BCUT2D eigenvalue weighted by Gasteiger charge is 2.41. The third-order valence-electron chi connectivity index (χ3n) is 5.94. The number of halogens is 2. The Hall–Kier alpha value is -3.41. The summed E-state index contributed by atoms with van der Waals surface area (Å²) in [5, 5.41) is 28.9. The molecule has 0 spiro atoms. The Kier molecular flexibility index (Phi) is 4.88. The largest absolute Gasteiger partial charge is 0.390 e. The molecule has 5 rings (SSSR count). The third-order valence-corrected chi connectivity index (χ3v) is 5.94. The van der Waals surface area contributed by atoms with Crippen molar-refractivity contribution < 1.29 is 13.9 Å². The molecular formula is C20H23F2N9O. The number of pyridine rings is 1. The number of hydrogen-bond donors (Lipinski definition) is 3. The van der Waals surface area contributed by atoms with Crippen LogP contribution in [0.5, 0.6) is 0 Å². The molecule has 1 fully saturated rings. The van der Waals surface area contributed by atoms with E-state index in [4.69, 9.17) is 0 Å². The fraction of sp³-hybridized carbons (Fsp3) is 0.450. The first-order valence-corrected chi connectivity index (χ1v) is 10.4. The van der Waals surface area contributed by atoms with Crippen LogP contribution in [0.15, 0.2) is 24.4 Å². The average Bonchev–Trinajstić information content (AvgIpc) is 3.35. The van der Waals surface area contributed by atoms with Gasteiger partial charge < -0.3 is 15.7 Å². The molecule has 4 heterocycles. The number of nitrogens with zero attached hydrogens (tertiary/aromatic N) is 7. The minimum absolute atomic E-state index is 0.115. The number of aromatic nitrogens is 7. The molecule has 0 saturated heterocycles. The molecule has 1 aliphatic rings.